The van der Waals surface area contributed by atoms with Crippen LogP contribution in [0.2, 0.25) is 0 Å². The SMILES string of the molecule is Cc1cccc(C(N)CC2CCC2)n1. The monoisotopic (exact) mass is 190 g/mol. The highest BCUT2D eigenvalue weighted by Gasteiger charge is 2.21. The molecule has 0 radical (unpaired) electrons. The van der Waals surface area contributed by atoms with Gasteiger partial charge in [-0.1, -0.05) is 25.3 Å². The maximum atomic E-state index is 6.11. The van der Waals surface area contributed by atoms with Crippen LogP contribution in [-0.4, -0.2) is 4.98 Å². The van der Waals surface area contributed by atoms with E-state index in [9.17, 15) is 0 Å². The Kier molecular flexibility index (Phi) is 2.82. The molecule has 1 aromatic rings. The van der Waals surface area contributed by atoms with Crippen molar-refractivity contribution >= 4 is 0 Å². The minimum Gasteiger partial charge on any atom is -0.323 e. The Morgan fingerprint density at radius 3 is 2.86 bits per heavy atom. The average Bonchev–Trinajstić information content (AvgIpc) is 2.11. The van der Waals surface area contributed by atoms with Crippen LogP contribution in [0.15, 0.2) is 18.2 Å². The van der Waals surface area contributed by atoms with Crippen LogP contribution in [0.5, 0.6) is 0 Å². The molecule has 1 aliphatic carbocycles. The van der Waals surface area contributed by atoms with E-state index in [0.717, 1.165) is 23.7 Å². The number of hydrogen-bond acceptors (Lipinski definition) is 2. The first-order valence-electron chi connectivity index (χ1n) is 5.45. The van der Waals surface area contributed by atoms with Gasteiger partial charge in [0, 0.05) is 11.7 Å². The molecule has 1 aliphatic rings. The zero-order valence-corrected chi connectivity index (χ0v) is 8.74. The van der Waals surface area contributed by atoms with Gasteiger partial charge >= 0.3 is 0 Å². The third-order valence-corrected chi connectivity index (χ3v) is 3.10. The summed E-state index contributed by atoms with van der Waals surface area (Å²) in [6.45, 7) is 2.01. The molecule has 1 atom stereocenters. The van der Waals surface area contributed by atoms with Crippen LogP contribution in [0.3, 0.4) is 0 Å². The Morgan fingerprint density at radius 2 is 2.29 bits per heavy atom. The molecule has 0 aliphatic heterocycles. The Balaban J connectivity index is 1.98. The number of aryl methyl sites for hydroxylation is 1. The highest BCUT2D eigenvalue weighted by atomic mass is 14.8. The molecule has 76 valence electrons. The third kappa shape index (κ3) is 2.13. The summed E-state index contributed by atoms with van der Waals surface area (Å²) < 4.78 is 0. The van der Waals surface area contributed by atoms with Gasteiger partial charge in [0.15, 0.2) is 0 Å². The molecule has 0 bridgehead atoms. The van der Waals surface area contributed by atoms with Gasteiger partial charge in [-0.05, 0) is 31.4 Å². The normalized spacial score (nSPS) is 19.0. The summed E-state index contributed by atoms with van der Waals surface area (Å²) in [5.74, 6) is 0.854. The number of rotatable bonds is 3. The maximum Gasteiger partial charge on any atom is 0.0574 e. The predicted molar refractivity (Wildman–Crippen MR) is 57.9 cm³/mol. The average molecular weight is 190 g/mol. The summed E-state index contributed by atoms with van der Waals surface area (Å²) in [5.41, 5.74) is 8.23. The summed E-state index contributed by atoms with van der Waals surface area (Å²) in [4.78, 5) is 4.46. The standard InChI is InChI=1S/C12H18N2/c1-9-4-2-7-12(14-9)11(13)8-10-5-3-6-10/h2,4,7,10-11H,3,5-6,8,13H2,1H3. The Bertz CT molecular complexity index is 305. The number of hydrogen-bond donors (Lipinski definition) is 1. The van der Waals surface area contributed by atoms with Crippen LogP contribution in [0.1, 0.15) is 43.1 Å². The number of aromatic nitrogens is 1. The second-order valence-electron chi connectivity index (χ2n) is 4.34. The second kappa shape index (κ2) is 4.09. The molecule has 14 heavy (non-hydrogen) atoms. The van der Waals surface area contributed by atoms with Crippen LogP contribution in [0.25, 0.3) is 0 Å². The second-order valence-corrected chi connectivity index (χ2v) is 4.34. The lowest BCUT2D eigenvalue weighted by Gasteiger charge is -2.27. The highest BCUT2D eigenvalue weighted by Crippen LogP contribution is 2.33. The topological polar surface area (TPSA) is 38.9 Å². The predicted octanol–water partition coefficient (Wildman–Crippen LogP) is 2.58. The molecule has 0 saturated heterocycles. The minimum atomic E-state index is 0.139. The van der Waals surface area contributed by atoms with E-state index < -0.39 is 0 Å². The first kappa shape index (κ1) is 9.66. The summed E-state index contributed by atoms with van der Waals surface area (Å²) >= 11 is 0. The van der Waals surface area contributed by atoms with Gasteiger partial charge < -0.3 is 5.73 Å². The van der Waals surface area contributed by atoms with Crippen LogP contribution < -0.4 is 5.73 Å². The van der Waals surface area contributed by atoms with Crippen molar-refractivity contribution in [3.63, 3.8) is 0 Å². The first-order valence-corrected chi connectivity index (χ1v) is 5.45. The zero-order valence-electron chi connectivity index (χ0n) is 8.74. The van der Waals surface area contributed by atoms with Crippen molar-refractivity contribution in [2.45, 2.75) is 38.6 Å². The van der Waals surface area contributed by atoms with E-state index >= 15 is 0 Å². The van der Waals surface area contributed by atoms with Crippen LogP contribution >= 0.6 is 0 Å². The smallest absolute Gasteiger partial charge is 0.0574 e. The molecule has 1 saturated carbocycles. The maximum absolute atomic E-state index is 6.11. The lowest BCUT2D eigenvalue weighted by Crippen LogP contribution is -2.20. The van der Waals surface area contributed by atoms with Crippen LogP contribution in [-0.2, 0) is 0 Å². The fourth-order valence-corrected chi connectivity index (χ4v) is 1.98. The number of nitrogens with zero attached hydrogens (tertiary/aromatic N) is 1. The van der Waals surface area contributed by atoms with Gasteiger partial charge in [-0.15, -0.1) is 0 Å². The lowest BCUT2D eigenvalue weighted by molar-refractivity contribution is 0.276. The van der Waals surface area contributed by atoms with Gasteiger partial charge in [0.25, 0.3) is 0 Å². The summed E-state index contributed by atoms with van der Waals surface area (Å²) in [6.07, 6.45) is 5.22. The summed E-state index contributed by atoms with van der Waals surface area (Å²) in [7, 11) is 0. The molecule has 1 heterocycles. The van der Waals surface area contributed by atoms with Crippen molar-refractivity contribution in [3.05, 3.63) is 29.6 Å². The molecule has 0 amide bonds. The molecule has 2 heteroatoms. The zero-order chi connectivity index (χ0) is 9.97. The molecule has 1 fully saturated rings. The molecule has 2 rings (SSSR count). The van der Waals surface area contributed by atoms with E-state index in [4.69, 9.17) is 5.73 Å². The van der Waals surface area contributed by atoms with E-state index in [2.05, 4.69) is 4.98 Å². The molecule has 0 aromatic carbocycles. The minimum absolute atomic E-state index is 0.139. The highest BCUT2D eigenvalue weighted by molar-refractivity contribution is 5.13. The summed E-state index contributed by atoms with van der Waals surface area (Å²) in [6, 6.07) is 6.23. The molecule has 1 aromatic heterocycles. The van der Waals surface area contributed by atoms with Gasteiger partial charge in [-0.2, -0.15) is 0 Å². The van der Waals surface area contributed by atoms with Crippen molar-refractivity contribution in [3.8, 4) is 0 Å². The molecular formula is C12H18N2. The largest absolute Gasteiger partial charge is 0.323 e. The van der Waals surface area contributed by atoms with Gasteiger partial charge in [-0.3, -0.25) is 4.98 Å². The van der Waals surface area contributed by atoms with Crippen molar-refractivity contribution in [2.24, 2.45) is 11.7 Å². The Morgan fingerprint density at radius 1 is 1.50 bits per heavy atom. The number of nitrogens with two attached hydrogens (primary N) is 1. The molecule has 2 N–H and O–H groups in total. The van der Waals surface area contributed by atoms with Crippen LogP contribution in [0.4, 0.5) is 0 Å². The number of pyridine rings is 1. The van der Waals surface area contributed by atoms with Crippen molar-refractivity contribution in [1.82, 2.24) is 4.98 Å². The molecular weight excluding hydrogens is 172 g/mol. The van der Waals surface area contributed by atoms with Gasteiger partial charge in [0.2, 0.25) is 0 Å². The van der Waals surface area contributed by atoms with Crippen molar-refractivity contribution in [1.29, 1.82) is 0 Å². The third-order valence-electron chi connectivity index (χ3n) is 3.10. The van der Waals surface area contributed by atoms with E-state index in [0.29, 0.717) is 0 Å². The summed E-state index contributed by atoms with van der Waals surface area (Å²) in [5, 5.41) is 0. The van der Waals surface area contributed by atoms with Crippen molar-refractivity contribution < 1.29 is 0 Å². The Hall–Kier alpha value is -0.890. The fourth-order valence-electron chi connectivity index (χ4n) is 1.98. The van der Waals surface area contributed by atoms with Gasteiger partial charge in [-0.25, -0.2) is 0 Å². The van der Waals surface area contributed by atoms with Crippen LogP contribution in [0, 0.1) is 12.8 Å². The van der Waals surface area contributed by atoms with E-state index in [1.54, 1.807) is 0 Å². The molecule has 2 nitrogen and oxygen atoms in total. The first-order chi connectivity index (χ1) is 6.75. The fraction of sp³-hybridized carbons (Fsp3) is 0.583. The van der Waals surface area contributed by atoms with E-state index in [1.807, 2.05) is 25.1 Å². The van der Waals surface area contributed by atoms with E-state index in [-0.39, 0.29) is 6.04 Å². The van der Waals surface area contributed by atoms with Crippen molar-refractivity contribution in [2.75, 3.05) is 0 Å². The van der Waals surface area contributed by atoms with Gasteiger partial charge in [0.05, 0.1) is 5.69 Å². The van der Waals surface area contributed by atoms with Gasteiger partial charge in [0.1, 0.15) is 0 Å². The molecule has 0 spiro atoms. The quantitative estimate of drug-likeness (QED) is 0.795. The molecule has 1 unspecified atom stereocenters. The lowest BCUT2D eigenvalue weighted by atomic mass is 9.80. The van der Waals surface area contributed by atoms with E-state index in [1.165, 1.54) is 19.3 Å². The Labute approximate surface area is 85.5 Å².